The first kappa shape index (κ1) is 14.7. The lowest BCUT2D eigenvalue weighted by Gasteiger charge is -2.09. The fourth-order valence-electron chi connectivity index (χ4n) is 1.27. The number of carbonyl (C=O) groups excluding carboxylic acids is 1. The second-order valence-corrected chi connectivity index (χ2v) is 4.11. The lowest BCUT2D eigenvalue weighted by molar-refractivity contribution is -0.137. The average molecular weight is 230 g/mol. The Hall–Kier alpha value is -1.26. The van der Waals surface area contributed by atoms with Crippen molar-refractivity contribution in [3.63, 3.8) is 0 Å². The third-order valence-corrected chi connectivity index (χ3v) is 2.02. The van der Waals surface area contributed by atoms with Crippen molar-refractivity contribution in [1.29, 1.82) is 0 Å². The molecular formula is C11H22N2O3. The van der Waals surface area contributed by atoms with Gasteiger partial charge in [0.15, 0.2) is 0 Å². The summed E-state index contributed by atoms with van der Waals surface area (Å²) in [5.74, 6) is -0.741. The predicted molar refractivity (Wildman–Crippen MR) is 62.4 cm³/mol. The Bertz CT molecular complexity index is 217. The fourth-order valence-corrected chi connectivity index (χ4v) is 1.27. The number of urea groups is 1. The van der Waals surface area contributed by atoms with Crippen molar-refractivity contribution in [3.8, 4) is 0 Å². The predicted octanol–water partition coefficient (Wildman–Crippen LogP) is 1.73. The molecule has 0 aliphatic carbocycles. The van der Waals surface area contributed by atoms with Crippen molar-refractivity contribution in [2.75, 3.05) is 6.54 Å². The molecule has 0 fully saturated rings. The monoisotopic (exact) mass is 230 g/mol. The second-order valence-electron chi connectivity index (χ2n) is 4.11. The van der Waals surface area contributed by atoms with Crippen molar-refractivity contribution in [2.24, 2.45) is 0 Å². The van der Waals surface area contributed by atoms with Gasteiger partial charge < -0.3 is 15.7 Å². The summed E-state index contributed by atoms with van der Waals surface area (Å²) < 4.78 is 0. The van der Waals surface area contributed by atoms with Crippen LogP contribution in [-0.4, -0.2) is 29.7 Å². The van der Waals surface area contributed by atoms with Crippen molar-refractivity contribution >= 4 is 12.0 Å². The number of hydrogen-bond donors (Lipinski definition) is 3. The number of carbonyl (C=O) groups is 2. The Kier molecular flexibility index (Phi) is 8.29. The minimum atomic E-state index is -0.741. The van der Waals surface area contributed by atoms with E-state index in [9.17, 15) is 9.59 Å². The molecule has 0 radical (unpaired) electrons. The van der Waals surface area contributed by atoms with Gasteiger partial charge in [0.05, 0.1) is 0 Å². The molecule has 0 aromatic carbocycles. The third kappa shape index (κ3) is 10.8. The Balaban J connectivity index is 3.20. The summed E-state index contributed by atoms with van der Waals surface area (Å²) in [6, 6.07) is 0.0103. The quantitative estimate of drug-likeness (QED) is 0.556. The van der Waals surface area contributed by atoms with Gasteiger partial charge in [-0.25, -0.2) is 4.79 Å². The van der Waals surface area contributed by atoms with E-state index in [0.717, 1.165) is 19.3 Å². The molecule has 0 atom stereocenters. The molecule has 0 aromatic rings. The average Bonchev–Trinajstić information content (AvgIpc) is 2.14. The Morgan fingerprint density at radius 1 is 1.12 bits per heavy atom. The summed E-state index contributed by atoms with van der Waals surface area (Å²) >= 11 is 0. The van der Waals surface area contributed by atoms with E-state index in [4.69, 9.17) is 5.11 Å². The van der Waals surface area contributed by atoms with Gasteiger partial charge in [-0.1, -0.05) is 12.8 Å². The van der Waals surface area contributed by atoms with Crippen LogP contribution in [-0.2, 0) is 4.79 Å². The number of nitrogens with one attached hydrogen (secondary N) is 2. The Labute approximate surface area is 96.6 Å². The van der Waals surface area contributed by atoms with Gasteiger partial charge in [0.25, 0.3) is 0 Å². The van der Waals surface area contributed by atoms with E-state index in [1.807, 2.05) is 13.8 Å². The van der Waals surface area contributed by atoms with Gasteiger partial charge in [-0.2, -0.15) is 0 Å². The highest BCUT2D eigenvalue weighted by atomic mass is 16.4. The first-order chi connectivity index (χ1) is 7.52. The molecule has 2 amide bonds. The van der Waals surface area contributed by atoms with Crippen LogP contribution in [0.25, 0.3) is 0 Å². The van der Waals surface area contributed by atoms with Crippen LogP contribution in [0, 0.1) is 0 Å². The second kappa shape index (κ2) is 9.00. The molecule has 0 rings (SSSR count). The number of amides is 2. The Morgan fingerprint density at radius 2 is 1.75 bits per heavy atom. The van der Waals surface area contributed by atoms with E-state index in [0.29, 0.717) is 13.0 Å². The fraction of sp³-hybridized carbons (Fsp3) is 0.818. The minimum Gasteiger partial charge on any atom is -0.481 e. The van der Waals surface area contributed by atoms with E-state index in [1.165, 1.54) is 0 Å². The molecule has 0 aliphatic rings. The Morgan fingerprint density at radius 3 is 2.31 bits per heavy atom. The maximum Gasteiger partial charge on any atom is 0.314 e. The molecule has 0 saturated carbocycles. The highest BCUT2D eigenvalue weighted by Gasteiger charge is 2.01. The summed E-state index contributed by atoms with van der Waals surface area (Å²) in [7, 11) is 0. The van der Waals surface area contributed by atoms with E-state index >= 15 is 0 Å². The van der Waals surface area contributed by atoms with Gasteiger partial charge in [0.2, 0.25) is 0 Å². The van der Waals surface area contributed by atoms with Crippen LogP contribution in [0.3, 0.4) is 0 Å². The van der Waals surface area contributed by atoms with Crippen molar-refractivity contribution in [3.05, 3.63) is 0 Å². The van der Waals surface area contributed by atoms with Crippen LogP contribution in [0.2, 0.25) is 0 Å². The zero-order valence-electron chi connectivity index (χ0n) is 10.1. The van der Waals surface area contributed by atoms with E-state index in [2.05, 4.69) is 10.6 Å². The number of aliphatic carboxylic acids is 1. The molecule has 16 heavy (non-hydrogen) atoms. The molecule has 0 unspecified atom stereocenters. The molecule has 0 aliphatic heterocycles. The van der Waals surface area contributed by atoms with Crippen LogP contribution in [0.4, 0.5) is 4.79 Å². The highest BCUT2D eigenvalue weighted by molar-refractivity contribution is 5.73. The molecule has 0 bridgehead atoms. The lowest BCUT2D eigenvalue weighted by atomic mass is 10.1. The van der Waals surface area contributed by atoms with E-state index in [1.54, 1.807) is 0 Å². The summed E-state index contributed by atoms with van der Waals surface area (Å²) in [6.45, 7) is 4.46. The maximum absolute atomic E-state index is 11.1. The number of unbranched alkanes of at least 4 members (excludes halogenated alkanes) is 3. The molecule has 0 heterocycles. The molecule has 0 saturated heterocycles. The smallest absolute Gasteiger partial charge is 0.314 e. The molecule has 5 heteroatoms. The molecule has 94 valence electrons. The standard InChI is InChI=1S/C11H22N2O3/c1-9(2)13-11(16)12-8-6-4-3-5-7-10(14)15/h9H,3-8H2,1-2H3,(H,14,15)(H2,12,13,16). The normalized spacial score (nSPS) is 10.2. The van der Waals surface area contributed by atoms with Gasteiger partial charge in [0, 0.05) is 19.0 Å². The molecule has 0 spiro atoms. The van der Waals surface area contributed by atoms with Crippen molar-refractivity contribution in [1.82, 2.24) is 10.6 Å². The van der Waals surface area contributed by atoms with Crippen LogP contribution in [0.5, 0.6) is 0 Å². The third-order valence-electron chi connectivity index (χ3n) is 2.02. The van der Waals surface area contributed by atoms with Crippen molar-refractivity contribution < 1.29 is 14.7 Å². The van der Waals surface area contributed by atoms with Gasteiger partial charge in [-0.05, 0) is 26.7 Å². The topological polar surface area (TPSA) is 78.4 Å². The number of hydrogen-bond acceptors (Lipinski definition) is 2. The van der Waals surface area contributed by atoms with Gasteiger partial charge in [-0.3, -0.25) is 4.79 Å². The SMILES string of the molecule is CC(C)NC(=O)NCCCCCCC(=O)O. The van der Waals surface area contributed by atoms with Crippen LogP contribution >= 0.6 is 0 Å². The number of carboxylic acid groups (broad SMARTS) is 1. The van der Waals surface area contributed by atoms with Crippen LogP contribution in [0.1, 0.15) is 46.0 Å². The number of carboxylic acids is 1. The molecule has 3 N–H and O–H groups in total. The summed E-state index contributed by atoms with van der Waals surface area (Å²) in [4.78, 5) is 21.3. The molecule has 5 nitrogen and oxygen atoms in total. The number of rotatable bonds is 8. The lowest BCUT2D eigenvalue weighted by Crippen LogP contribution is -2.39. The minimum absolute atomic E-state index is 0.138. The molecule has 0 aromatic heterocycles. The van der Waals surface area contributed by atoms with Crippen molar-refractivity contribution in [2.45, 2.75) is 52.0 Å². The van der Waals surface area contributed by atoms with Gasteiger partial charge >= 0.3 is 12.0 Å². The maximum atomic E-state index is 11.1. The summed E-state index contributed by atoms with van der Waals surface area (Å²) in [6.07, 6.45) is 3.70. The highest BCUT2D eigenvalue weighted by Crippen LogP contribution is 2.01. The van der Waals surface area contributed by atoms with E-state index in [-0.39, 0.29) is 18.5 Å². The van der Waals surface area contributed by atoms with Crippen LogP contribution < -0.4 is 10.6 Å². The van der Waals surface area contributed by atoms with Gasteiger partial charge in [0.1, 0.15) is 0 Å². The first-order valence-electron chi connectivity index (χ1n) is 5.78. The summed E-state index contributed by atoms with van der Waals surface area (Å²) in [5.41, 5.74) is 0. The molecular weight excluding hydrogens is 208 g/mol. The first-order valence-corrected chi connectivity index (χ1v) is 5.78. The van der Waals surface area contributed by atoms with Gasteiger partial charge in [-0.15, -0.1) is 0 Å². The summed E-state index contributed by atoms with van der Waals surface area (Å²) in [5, 5.41) is 13.9. The van der Waals surface area contributed by atoms with E-state index < -0.39 is 5.97 Å². The largest absolute Gasteiger partial charge is 0.481 e. The van der Waals surface area contributed by atoms with Crippen LogP contribution in [0.15, 0.2) is 0 Å². The zero-order chi connectivity index (χ0) is 12.4. The zero-order valence-corrected chi connectivity index (χ0v) is 10.1.